The molecule has 0 aromatic heterocycles. The highest BCUT2D eigenvalue weighted by Crippen LogP contribution is 2.46. The first-order valence-corrected chi connectivity index (χ1v) is 11.6. The number of phenolic OH excluding ortho intramolecular Hbond substituents is 1. The van der Waals surface area contributed by atoms with Crippen LogP contribution >= 0.6 is 11.6 Å². The van der Waals surface area contributed by atoms with E-state index in [-0.39, 0.29) is 38.8 Å². The lowest BCUT2D eigenvalue weighted by molar-refractivity contribution is -0.132. The predicted molar refractivity (Wildman–Crippen MR) is 136 cm³/mol. The number of ether oxygens (including phenoxy) is 1. The van der Waals surface area contributed by atoms with Crippen molar-refractivity contribution in [1.82, 2.24) is 0 Å². The molecule has 2 N–H and O–H groups in total. The summed E-state index contributed by atoms with van der Waals surface area (Å²) < 4.78 is 19.4. The number of aliphatic hydroxyl groups excluding tert-OH is 1. The van der Waals surface area contributed by atoms with Crippen molar-refractivity contribution in [3.63, 3.8) is 0 Å². The van der Waals surface area contributed by atoms with E-state index >= 15 is 0 Å². The summed E-state index contributed by atoms with van der Waals surface area (Å²) in [6.45, 7) is 6.15. The monoisotopic (exact) mass is 509 g/mol. The van der Waals surface area contributed by atoms with Gasteiger partial charge in [0, 0.05) is 5.02 Å². The molecule has 1 fully saturated rings. The zero-order chi connectivity index (χ0) is 26.4. The SMILES string of the molecule is COc1ccc(F)cc1/C(O)=C1\C(=O)C(=O)N(c2cc(Cl)ccc2O)C1c1ccc(C(C)(C)C)cc1. The number of aliphatic hydroxyl groups is 1. The number of amides is 1. The van der Waals surface area contributed by atoms with Crippen molar-refractivity contribution in [2.45, 2.75) is 32.2 Å². The summed E-state index contributed by atoms with van der Waals surface area (Å²) in [5.41, 5.74) is 1.01. The van der Waals surface area contributed by atoms with E-state index in [4.69, 9.17) is 16.3 Å². The fourth-order valence-electron chi connectivity index (χ4n) is 4.26. The first-order valence-electron chi connectivity index (χ1n) is 11.2. The summed E-state index contributed by atoms with van der Waals surface area (Å²) in [6.07, 6.45) is 0. The maximum atomic E-state index is 14.1. The minimum absolute atomic E-state index is 0.000227. The minimum Gasteiger partial charge on any atom is -0.507 e. The number of rotatable bonds is 4. The highest BCUT2D eigenvalue weighted by atomic mass is 35.5. The van der Waals surface area contributed by atoms with E-state index in [1.165, 1.54) is 31.4 Å². The Bertz CT molecular complexity index is 1390. The normalized spacial score (nSPS) is 17.5. The molecule has 0 aliphatic carbocycles. The van der Waals surface area contributed by atoms with Gasteiger partial charge in [0.25, 0.3) is 11.7 Å². The maximum absolute atomic E-state index is 14.1. The fraction of sp³-hybridized carbons (Fsp3) is 0.214. The second-order valence-electron chi connectivity index (χ2n) is 9.52. The highest BCUT2D eigenvalue weighted by molar-refractivity contribution is 6.52. The number of hydrogen-bond donors (Lipinski definition) is 2. The summed E-state index contributed by atoms with van der Waals surface area (Å²) in [4.78, 5) is 27.7. The van der Waals surface area contributed by atoms with Crippen LogP contribution in [0.5, 0.6) is 11.5 Å². The van der Waals surface area contributed by atoms with Gasteiger partial charge in [-0.15, -0.1) is 0 Å². The van der Waals surface area contributed by atoms with Crippen molar-refractivity contribution >= 4 is 34.7 Å². The van der Waals surface area contributed by atoms with E-state index in [9.17, 15) is 24.2 Å². The molecule has 1 aliphatic heterocycles. The number of carbonyl (C=O) groups is 2. The van der Waals surface area contributed by atoms with Crippen molar-refractivity contribution in [2.75, 3.05) is 12.0 Å². The third-order valence-corrected chi connectivity index (χ3v) is 6.39. The van der Waals surface area contributed by atoms with Crippen molar-refractivity contribution in [2.24, 2.45) is 0 Å². The number of anilines is 1. The first-order chi connectivity index (χ1) is 16.9. The molecule has 6 nitrogen and oxygen atoms in total. The van der Waals surface area contributed by atoms with E-state index in [2.05, 4.69) is 0 Å². The molecule has 1 saturated heterocycles. The van der Waals surface area contributed by atoms with Gasteiger partial charge < -0.3 is 14.9 Å². The zero-order valence-corrected chi connectivity index (χ0v) is 20.9. The molecule has 1 unspecified atom stereocenters. The zero-order valence-electron chi connectivity index (χ0n) is 20.2. The van der Waals surface area contributed by atoms with Gasteiger partial charge in [-0.3, -0.25) is 14.5 Å². The molecule has 3 aromatic rings. The van der Waals surface area contributed by atoms with Crippen LogP contribution < -0.4 is 9.64 Å². The molecule has 186 valence electrons. The van der Waals surface area contributed by atoms with Crippen LogP contribution in [0.15, 0.2) is 66.2 Å². The minimum atomic E-state index is -1.13. The molecule has 0 saturated carbocycles. The van der Waals surface area contributed by atoms with Gasteiger partial charge in [0.05, 0.1) is 30.0 Å². The molecule has 0 radical (unpaired) electrons. The van der Waals surface area contributed by atoms with Crippen molar-refractivity contribution in [3.05, 3.63) is 93.8 Å². The number of hydrogen-bond acceptors (Lipinski definition) is 5. The number of nitrogens with zero attached hydrogens (tertiary/aromatic N) is 1. The van der Waals surface area contributed by atoms with Crippen molar-refractivity contribution in [1.29, 1.82) is 0 Å². The molecule has 4 rings (SSSR count). The van der Waals surface area contributed by atoms with Crippen LogP contribution in [0.2, 0.25) is 5.02 Å². The topological polar surface area (TPSA) is 87.1 Å². The van der Waals surface area contributed by atoms with Gasteiger partial charge in [0.15, 0.2) is 0 Å². The Labute approximate surface area is 213 Å². The fourth-order valence-corrected chi connectivity index (χ4v) is 4.43. The van der Waals surface area contributed by atoms with Crippen molar-refractivity contribution in [3.8, 4) is 11.5 Å². The third kappa shape index (κ3) is 4.42. The molecule has 3 aromatic carbocycles. The van der Waals surface area contributed by atoms with Crippen LogP contribution in [-0.4, -0.2) is 29.0 Å². The van der Waals surface area contributed by atoms with Crippen LogP contribution in [0.25, 0.3) is 5.76 Å². The lowest BCUT2D eigenvalue weighted by Gasteiger charge is -2.27. The molecule has 36 heavy (non-hydrogen) atoms. The number of phenols is 1. The Morgan fingerprint density at radius 1 is 1.03 bits per heavy atom. The number of Topliss-reactive ketones (excluding diaryl/α,β-unsaturated/α-hetero) is 1. The van der Waals surface area contributed by atoms with Gasteiger partial charge in [-0.05, 0) is 52.9 Å². The lowest BCUT2D eigenvalue weighted by Crippen LogP contribution is -2.29. The van der Waals surface area contributed by atoms with Crippen LogP contribution in [0.4, 0.5) is 10.1 Å². The molecular formula is C28H25ClFNO5. The molecule has 0 bridgehead atoms. The summed E-state index contributed by atoms with van der Waals surface area (Å²) in [7, 11) is 1.34. The number of carbonyl (C=O) groups excluding carboxylic acids is 2. The average molecular weight is 510 g/mol. The van der Waals surface area contributed by atoms with E-state index in [1.807, 2.05) is 32.9 Å². The third-order valence-electron chi connectivity index (χ3n) is 6.15. The molecule has 1 heterocycles. The summed E-state index contributed by atoms with van der Waals surface area (Å²) >= 11 is 6.14. The van der Waals surface area contributed by atoms with Gasteiger partial charge in [-0.2, -0.15) is 0 Å². The largest absolute Gasteiger partial charge is 0.507 e. The molecule has 1 aliphatic rings. The molecular weight excluding hydrogens is 485 g/mol. The quantitative estimate of drug-likeness (QED) is 0.251. The summed E-state index contributed by atoms with van der Waals surface area (Å²) in [6, 6.07) is 13.7. The Morgan fingerprint density at radius 3 is 2.31 bits per heavy atom. The van der Waals surface area contributed by atoms with Gasteiger partial charge in [-0.1, -0.05) is 56.6 Å². The van der Waals surface area contributed by atoms with Crippen molar-refractivity contribution < 1.29 is 28.9 Å². The van der Waals surface area contributed by atoms with Gasteiger partial charge in [0.1, 0.15) is 23.1 Å². The Morgan fingerprint density at radius 2 is 1.69 bits per heavy atom. The number of methoxy groups -OCH3 is 1. The van der Waals surface area contributed by atoms with E-state index < -0.39 is 29.3 Å². The highest BCUT2D eigenvalue weighted by Gasteiger charge is 2.48. The standard InChI is InChI=1S/C28H25ClFNO5/c1-28(2,3)16-7-5-15(6-8-16)24-23(25(33)19-14-18(30)10-12-22(19)36-4)26(34)27(35)31(24)20-13-17(29)9-11-21(20)32/h5-14,24,32-33H,1-4H3/b25-23+. The second-order valence-corrected chi connectivity index (χ2v) is 9.96. The number of ketones is 1. The van der Waals surface area contributed by atoms with E-state index in [0.717, 1.165) is 22.6 Å². The number of benzene rings is 3. The predicted octanol–water partition coefficient (Wildman–Crippen LogP) is 6.12. The molecule has 0 spiro atoms. The first kappa shape index (κ1) is 25.3. The van der Waals surface area contributed by atoms with Crippen LogP contribution in [0.1, 0.15) is 43.5 Å². The second kappa shape index (κ2) is 9.32. The lowest BCUT2D eigenvalue weighted by atomic mass is 9.85. The molecule has 1 amide bonds. The molecule has 1 atom stereocenters. The Hall–Kier alpha value is -3.84. The van der Waals surface area contributed by atoms with Gasteiger partial charge >= 0.3 is 0 Å². The van der Waals surface area contributed by atoms with Crippen LogP contribution in [0, 0.1) is 5.82 Å². The van der Waals surface area contributed by atoms with E-state index in [1.54, 1.807) is 12.1 Å². The maximum Gasteiger partial charge on any atom is 0.300 e. The van der Waals surface area contributed by atoms with Crippen LogP contribution in [0.3, 0.4) is 0 Å². The Balaban J connectivity index is 2.00. The smallest absolute Gasteiger partial charge is 0.300 e. The summed E-state index contributed by atoms with van der Waals surface area (Å²) in [5.74, 6) is -3.39. The van der Waals surface area contributed by atoms with Gasteiger partial charge in [0.2, 0.25) is 0 Å². The Kier molecular flexibility index (Phi) is 6.54. The van der Waals surface area contributed by atoms with Crippen LogP contribution in [-0.2, 0) is 15.0 Å². The van der Waals surface area contributed by atoms with E-state index in [0.29, 0.717) is 5.56 Å². The average Bonchev–Trinajstić information content (AvgIpc) is 3.10. The number of halogens is 2. The molecule has 8 heteroatoms. The number of aromatic hydroxyl groups is 1. The van der Waals surface area contributed by atoms with Gasteiger partial charge in [-0.25, -0.2) is 4.39 Å². The summed E-state index contributed by atoms with van der Waals surface area (Å²) in [5, 5.41) is 22.1.